The van der Waals surface area contributed by atoms with E-state index in [9.17, 15) is 4.79 Å². The molecule has 4 heteroatoms. The van der Waals surface area contributed by atoms with Gasteiger partial charge in [0.2, 0.25) is 0 Å². The maximum absolute atomic E-state index is 10.9. The predicted molar refractivity (Wildman–Crippen MR) is 46.7 cm³/mol. The Bertz CT molecular complexity index is 368. The second-order valence-corrected chi connectivity index (χ2v) is 3.04. The first-order valence-corrected chi connectivity index (χ1v) is 4.01. The van der Waals surface area contributed by atoms with Crippen LogP contribution in [0.5, 0.6) is 0 Å². The lowest BCUT2D eigenvalue weighted by molar-refractivity contribution is 0.101. The summed E-state index contributed by atoms with van der Waals surface area (Å²) in [5.74, 6) is -0.146. The van der Waals surface area contributed by atoms with E-state index in [4.69, 9.17) is 5.26 Å². The molecule has 0 aliphatic heterocycles. The van der Waals surface area contributed by atoms with E-state index in [0.717, 1.165) is 0 Å². The Labute approximate surface area is 78.2 Å². The van der Waals surface area contributed by atoms with Gasteiger partial charge >= 0.3 is 0 Å². The van der Waals surface area contributed by atoms with Gasteiger partial charge in [0.1, 0.15) is 10.3 Å². The molecule has 3 nitrogen and oxygen atoms in total. The zero-order chi connectivity index (χ0) is 9.14. The van der Waals surface area contributed by atoms with Crippen LogP contribution in [0, 0.1) is 11.3 Å². The first kappa shape index (κ1) is 8.88. The summed E-state index contributed by atoms with van der Waals surface area (Å²) in [6.45, 7) is 1.41. The number of carbonyl (C=O) groups is 1. The lowest BCUT2D eigenvalue weighted by Crippen LogP contribution is -1.97. The quantitative estimate of drug-likeness (QED) is 0.541. The molecule has 0 atom stereocenters. The maximum Gasteiger partial charge on any atom is 0.178 e. The zero-order valence-electron chi connectivity index (χ0n) is 6.34. The summed E-state index contributed by atoms with van der Waals surface area (Å²) in [5.41, 5.74) is 0.739. The number of carbonyl (C=O) groups excluding carboxylic acids is 1. The summed E-state index contributed by atoms with van der Waals surface area (Å²) < 4.78 is 0.506. The molecule has 1 aromatic rings. The molecule has 0 radical (unpaired) electrons. The lowest BCUT2D eigenvalue weighted by Gasteiger charge is -1.96. The number of nitriles is 1. The number of nitrogens with zero attached hydrogens (tertiary/aromatic N) is 2. The fraction of sp³-hybridized carbons (Fsp3) is 0.125. The van der Waals surface area contributed by atoms with Crippen LogP contribution >= 0.6 is 15.9 Å². The maximum atomic E-state index is 10.9. The molecule has 0 amide bonds. The van der Waals surface area contributed by atoms with Gasteiger partial charge in [-0.25, -0.2) is 4.98 Å². The van der Waals surface area contributed by atoms with E-state index in [1.165, 1.54) is 13.0 Å². The highest BCUT2D eigenvalue weighted by atomic mass is 79.9. The largest absolute Gasteiger partial charge is 0.293 e. The molecule has 1 rings (SSSR count). The fourth-order valence-electron chi connectivity index (χ4n) is 0.742. The minimum atomic E-state index is -0.146. The van der Waals surface area contributed by atoms with E-state index in [2.05, 4.69) is 20.9 Å². The molecule has 1 heterocycles. The Morgan fingerprint density at radius 3 is 2.83 bits per heavy atom. The van der Waals surface area contributed by atoms with Crippen molar-refractivity contribution in [1.29, 1.82) is 5.26 Å². The van der Waals surface area contributed by atoms with E-state index in [1.807, 2.05) is 6.07 Å². The van der Waals surface area contributed by atoms with Gasteiger partial charge in [0.15, 0.2) is 5.78 Å². The van der Waals surface area contributed by atoms with Crippen molar-refractivity contribution in [2.75, 3.05) is 0 Å². The summed E-state index contributed by atoms with van der Waals surface area (Å²) in [4.78, 5) is 14.8. The molecule has 12 heavy (non-hydrogen) atoms. The summed E-state index contributed by atoms with van der Waals surface area (Å²) >= 11 is 3.11. The molecule has 0 aliphatic rings. The number of hydrogen-bond donors (Lipinski definition) is 0. The van der Waals surface area contributed by atoms with Gasteiger partial charge in [0, 0.05) is 6.92 Å². The first-order chi connectivity index (χ1) is 5.63. The van der Waals surface area contributed by atoms with Gasteiger partial charge in [-0.1, -0.05) is 0 Å². The first-order valence-electron chi connectivity index (χ1n) is 3.22. The number of aromatic nitrogens is 1. The number of ketones is 1. The van der Waals surface area contributed by atoms with Crippen LogP contribution < -0.4 is 0 Å². The number of rotatable bonds is 1. The molecular formula is C8H5BrN2O. The van der Waals surface area contributed by atoms with Crippen LogP contribution in [0.15, 0.2) is 16.7 Å². The van der Waals surface area contributed by atoms with E-state index < -0.39 is 0 Å². The summed E-state index contributed by atoms with van der Waals surface area (Å²) in [7, 11) is 0. The number of halogens is 1. The topological polar surface area (TPSA) is 53.8 Å². The van der Waals surface area contributed by atoms with Crippen molar-refractivity contribution in [2.24, 2.45) is 0 Å². The van der Waals surface area contributed by atoms with Crippen LogP contribution in [-0.2, 0) is 0 Å². The third-order valence-corrected chi connectivity index (χ3v) is 1.69. The molecule has 0 fully saturated rings. The van der Waals surface area contributed by atoms with Gasteiger partial charge in [-0.05, 0) is 28.1 Å². The lowest BCUT2D eigenvalue weighted by atomic mass is 10.2. The molecule has 60 valence electrons. The summed E-state index contributed by atoms with van der Waals surface area (Å²) in [6, 6.07) is 4.97. The van der Waals surface area contributed by atoms with Crippen LogP contribution in [0.2, 0.25) is 0 Å². The van der Waals surface area contributed by atoms with Gasteiger partial charge in [-0.3, -0.25) is 4.79 Å². The smallest absolute Gasteiger partial charge is 0.178 e. The number of Topliss-reactive ketones (excluding diaryl/α,β-unsaturated/α-hetero) is 1. The Morgan fingerprint density at radius 2 is 2.33 bits per heavy atom. The van der Waals surface area contributed by atoms with Crippen LogP contribution in [0.3, 0.4) is 0 Å². The van der Waals surface area contributed by atoms with E-state index in [-0.39, 0.29) is 5.78 Å². The third-order valence-electron chi connectivity index (χ3n) is 1.28. The standard InChI is InChI=1S/C8H5BrN2O/c1-5(12)7-2-6(4-10)3-8(9)11-7/h2-3H,1H3. The van der Waals surface area contributed by atoms with Gasteiger partial charge in [0.05, 0.1) is 11.6 Å². The van der Waals surface area contributed by atoms with E-state index in [1.54, 1.807) is 6.07 Å². The molecule has 1 aromatic heterocycles. The molecule has 0 bridgehead atoms. The van der Waals surface area contributed by atoms with Crippen molar-refractivity contribution in [2.45, 2.75) is 6.92 Å². The molecule has 0 aromatic carbocycles. The van der Waals surface area contributed by atoms with Crippen molar-refractivity contribution in [3.63, 3.8) is 0 Å². The predicted octanol–water partition coefficient (Wildman–Crippen LogP) is 1.92. The van der Waals surface area contributed by atoms with Crippen molar-refractivity contribution >= 4 is 21.7 Å². The second kappa shape index (κ2) is 3.46. The van der Waals surface area contributed by atoms with Gasteiger partial charge in [-0.15, -0.1) is 0 Å². The minimum absolute atomic E-state index is 0.146. The zero-order valence-corrected chi connectivity index (χ0v) is 7.92. The van der Waals surface area contributed by atoms with E-state index >= 15 is 0 Å². The second-order valence-electron chi connectivity index (χ2n) is 2.23. The molecule has 0 N–H and O–H groups in total. The van der Waals surface area contributed by atoms with E-state index in [0.29, 0.717) is 15.9 Å². The highest BCUT2D eigenvalue weighted by Gasteiger charge is 2.03. The summed E-state index contributed by atoms with van der Waals surface area (Å²) in [6.07, 6.45) is 0. The van der Waals surface area contributed by atoms with Crippen molar-refractivity contribution in [3.8, 4) is 6.07 Å². The van der Waals surface area contributed by atoms with Crippen LogP contribution in [0.25, 0.3) is 0 Å². The normalized spacial score (nSPS) is 9.08. The number of pyridine rings is 1. The van der Waals surface area contributed by atoms with Crippen molar-refractivity contribution < 1.29 is 4.79 Å². The monoisotopic (exact) mass is 224 g/mol. The average Bonchev–Trinajstić information content (AvgIpc) is 2.03. The Balaban J connectivity index is 3.26. The Hall–Kier alpha value is -1.21. The molecule has 0 aliphatic carbocycles. The molecule has 0 unspecified atom stereocenters. The van der Waals surface area contributed by atoms with Crippen LogP contribution in [-0.4, -0.2) is 10.8 Å². The highest BCUT2D eigenvalue weighted by molar-refractivity contribution is 9.10. The fourth-order valence-corrected chi connectivity index (χ4v) is 1.18. The SMILES string of the molecule is CC(=O)c1cc(C#N)cc(Br)n1. The van der Waals surface area contributed by atoms with Gasteiger partial charge in [-0.2, -0.15) is 5.26 Å². The molecular weight excluding hydrogens is 220 g/mol. The van der Waals surface area contributed by atoms with Crippen molar-refractivity contribution in [3.05, 3.63) is 28.0 Å². The Kier molecular flexibility index (Phi) is 2.56. The number of hydrogen-bond acceptors (Lipinski definition) is 3. The van der Waals surface area contributed by atoms with Crippen molar-refractivity contribution in [1.82, 2.24) is 4.98 Å². The average molecular weight is 225 g/mol. The molecule has 0 saturated carbocycles. The Morgan fingerprint density at radius 1 is 1.67 bits per heavy atom. The highest BCUT2D eigenvalue weighted by Crippen LogP contribution is 2.10. The summed E-state index contributed by atoms with van der Waals surface area (Å²) in [5, 5.41) is 8.56. The van der Waals surface area contributed by atoms with Crippen LogP contribution in [0.1, 0.15) is 23.0 Å². The third kappa shape index (κ3) is 1.89. The molecule has 0 saturated heterocycles. The van der Waals surface area contributed by atoms with Crippen LogP contribution in [0.4, 0.5) is 0 Å². The van der Waals surface area contributed by atoms with Gasteiger partial charge in [0.25, 0.3) is 0 Å². The van der Waals surface area contributed by atoms with Gasteiger partial charge < -0.3 is 0 Å². The minimum Gasteiger partial charge on any atom is -0.293 e. The molecule has 0 spiro atoms.